The quantitative estimate of drug-likeness (QED) is 0.651. The van der Waals surface area contributed by atoms with Crippen molar-refractivity contribution in [2.45, 2.75) is 31.4 Å². The monoisotopic (exact) mass is 401 g/mol. The van der Waals surface area contributed by atoms with Crippen LogP contribution in [0, 0.1) is 6.92 Å². The van der Waals surface area contributed by atoms with Crippen LogP contribution in [-0.2, 0) is 16.6 Å². The molecule has 8 heteroatoms. The van der Waals surface area contributed by atoms with Gasteiger partial charge in [0.1, 0.15) is 0 Å². The predicted molar refractivity (Wildman–Crippen MR) is 108 cm³/mol. The lowest BCUT2D eigenvalue weighted by atomic mass is 10.2. The fraction of sp³-hybridized carbons (Fsp3) is 0.300. The van der Waals surface area contributed by atoms with E-state index in [4.69, 9.17) is 0 Å². The van der Waals surface area contributed by atoms with Crippen LogP contribution in [0.3, 0.4) is 0 Å². The van der Waals surface area contributed by atoms with Gasteiger partial charge in [-0.3, -0.25) is 9.36 Å². The maximum Gasteiger partial charge on any atom is 0.261 e. The number of aromatic nitrogens is 2. The number of sulfonamides is 1. The number of likely N-dealkylation sites (N-methyl/N-ethyl adjacent to an activating group) is 1. The van der Waals surface area contributed by atoms with E-state index in [-0.39, 0.29) is 30.1 Å². The minimum atomic E-state index is -3.73. The summed E-state index contributed by atoms with van der Waals surface area (Å²) in [5.41, 5.74) is 1.27. The summed E-state index contributed by atoms with van der Waals surface area (Å²) in [6.07, 6.45) is 0.319. The van der Waals surface area contributed by atoms with Gasteiger partial charge in [-0.15, -0.1) is 0 Å². The summed E-state index contributed by atoms with van der Waals surface area (Å²) >= 11 is 0. The van der Waals surface area contributed by atoms with E-state index in [0.717, 1.165) is 5.56 Å². The first-order valence-corrected chi connectivity index (χ1v) is 10.5. The minimum Gasteiger partial charge on any atom is -0.390 e. The molecule has 148 valence electrons. The first-order chi connectivity index (χ1) is 13.3. The largest absolute Gasteiger partial charge is 0.390 e. The maximum atomic E-state index is 12.8. The van der Waals surface area contributed by atoms with Gasteiger partial charge in [0.2, 0.25) is 10.0 Å². The summed E-state index contributed by atoms with van der Waals surface area (Å²) in [6.45, 7) is 3.63. The van der Waals surface area contributed by atoms with Crippen LogP contribution in [0.15, 0.2) is 64.5 Å². The van der Waals surface area contributed by atoms with E-state index in [1.54, 1.807) is 55.5 Å². The molecule has 0 aliphatic heterocycles. The molecule has 7 nitrogen and oxygen atoms in total. The van der Waals surface area contributed by atoms with Crippen molar-refractivity contribution in [1.29, 1.82) is 0 Å². The van der Waals surface area contributed by atoms with Crippen LogP contribution in [0.4, 0.5) is 0 Å². The Balaban J connectivity index is 1.79. The summed E-state index contributed by atoms with van der Waals surface area (Å²) in [6, 6.07) is 13.5. The van der Waals surface area contributed by atoms with Crippen molar-refractivity contribution in [3.8, 4) is 0 Å². The van der Waals surface area contributed by atoms with E-state index in [1.807, 2.05) is 6.92 Å². The second kappa shape index (κ2) is 8.22. The van der Waals surface area contributed by atoms with Crippen LogP contribution in [0.25, 0.3) is 10.9 Å². The van der Waals surface area contributed by atoms with Gasteiger partial charge in [0, 0.05) is 13.1 Å². The van der Waals surface area contributed by atoms with Gasteiger partial charge in [-0.2, -0.15) is 4.31 Å². The molecule has 0 fully saturated rings. The molecule has 0 radical (unpaired) electrons. The fourth-order valence-electron chi connectivity index (χ4n) is 3.01. The zero-order valence-corrected chi connectivity index (χ0v) is 16.6. The van der Waals surface area contributed by atoms with Crippen LogP contribution < -0.4 is 5.56 Å². The molecule has 0 amide bonds. The highest BCUT2D eigenvalue weighted by Crippen LogP contribution is 2.17. The highest BCUT2D eigenvalue weighted by atomic mass is 32.2. The van der Waals surface area contributed by atoms with Gasteiger partial charge in [0.25, 0.3) is 5.56 Å². The van der Waals surface area contributed by atoms with Gasteiger partial charge in [-0.1, -0.05) is 36.8 Å². The van der Waals surface area contributed by atoms with Gasteiger partial charge < -0.3 is 5.11 Å². The highest BCUT2D eigenvalue weighted by molar-refractivity contribution is 7.89. The molecule has 3 aromatic rings. The number of para-hydroxylation sites is 1. The third-order valence-electron chi connectivity index (χ3n) is 4.56. The van der Waals surface area contributed by atoms with Crippen LogP contribution in [0.5, 0.6) is 0 Å². The van der Waals surface area contributed by atoms with E-state index >= 15 is 0 Å². The van der Waals surface area contributed by atoms with Gasteiger partial charge in [0.05, 0.1) is 34.8 Å². The molecule has 0 saturated carbocycles. The van der Waals surface area contributed by atoms with Crippen molar-refractivity contribution in [2.24, 2.45) is 0 Å². The normalized spacial score (nSPS) is 13.1. The number of benzene rings is 2. The highest BCUT2D eigenvalue weighted by Gasteiger charge is 2.25. The van der Waals surface area contributed by atoms with E-state index in [9.17, 15) is 18.3 Å². The Morgan fingerprint density at radius 3 is 2.50 bits per heavy atom. The average Bonchev–Trinajstić information content (AvgIpc) is 2.68. The number of nitrogens with zero attached hydrogens (tertiary/aromatic N) is 3. The Labute approximate surface area is 163 Å². The number of hydrogen-bond donors (Lipinski definition) is 1. The van der Waals surface area contributed by atoms with Gasteiger partial charge in [-0.05, 0) is 31.2 Å². The Kier molecular flexibility index (Phi) is 5.93. The zero-order chi connectivity index (χ0) is 20.3. The van der Waals surface area contributed by atoms with Crippen molar-refractivity contribution < 1.29 is 13.5 Å². The molecule has 1 aromatic heterocycles. The first kappa shape index (κ1) is 20.2. The second-order valence-electron chi connectivity index (χ2n) is 6.64. The molecule has 1 heterocycles. The second-order valence-corrected chi connectivity index (χ2v) is 8.58. The summed E-state index contributed by atoms with van der Waals surface area (Å²) in [4.78, 5) is 16.9. The molecule has 0 aliphatic carbocycles. The lowest BCUT2D eigenvalue weighted by Gasteiger charge is -2.24. The molecule has 3 rings (SSSR count). The summed E-state index contributed by atoms with van der Waals surface area (Å²) < 4.78 is 28.2. The van der Waals surface area contributed by atoms with Gasteiger partial charge >= 0.3 is 0 Å². The molecular weight excluding hydrogens is 378 g/mol. The molecule has 28 heavy (non-hydrogen) atoms. The van der Waals surface area contributed by atoms with E-state index in [2.05, 4.69) is 4.98 Å². The van der Waals surface area contributed by atoms with Crippen molar-refractivity contribution >= 4 is 20.9 Å². The Morgan fingerprint density at radius 2 is 1.82 bits per heavy atom. The van der Waals surface area contributed by atoms with Crippen LogP contribution >= 0.6 is 0 Å². The van der Waals surface area contributed by atoms with E-state index in [1.165, 1.54) is 15.2 Å². The number of aryl methyl sites for hydroxylation is 1. The smallest absolute Gasteiger partial charge is 0.261 e. The zero-order valence-electron chi connectivity index (χ0n) is 15.8. The lowest BCUT2D eigenvalue weighted by molar-refractivity contribution is 0.128. The number of aliphatic hydroxyl groups excluding tert-OH is 1. The number of rotatable bonds is 7. The van der Waals surface area contributed by atoms with Gasteiger partial charge in [0.15, 0.2) is 0 Å². The number of fused-ring (bicyclic) bond motifs is 1. The molecule has 0 spiro atoms. The van der Waals surface area contributed by atoms with Crippen LogP contribution in [-0.4, -0.2) is 46.6 Å². The Morgan fingerprint density at radius 1 is 1.14 bits per heavy atom. The Bertz CT molecular complexity index is 1120. The topological polar surface area (TPSA) is 92.5 Å². The van der Waals surface area contributed by atoms with Crippen LogP contribution in [0.1, 0.15) is 12.5 Å². The van der Waals surface area contributed by atoms with Crippen molar-refractivity contribution in [3.05, 3.63) is 70.8 Å². The molecule has 1 atom stereocenters. The summed E-state index contributed by atoms with van der Waals surface area (Å²) in [5.74, 6) is 0. The molecule has 0 bridgehead atoms. The van der Waals surface area contributed by atoms with Crippen molar-refractivity contribution in [1.82, 2.24) is 13.9 Å². The summed E-state index contributed by atoms with van der Waals surface area (Å²) in [5, 5.41) is 10.9. The van der Waals surface area contributed by atoms with Crippen molar-refractivity contribution in [3.63, 3.8) is 0 Å². The SMILES string of the molecule is CCN(CC(O)Cn1cnc2ccccc2c1=O)S(=O)(=O)c1ccc(C)cc1. The molecular formula is C20H23N3O4S. The summed E-state index contributed by atoms with van der Waals surface area (Å²) in [7, 11) is -3.73. The lowest BCUT2D eigenvalue weighted by Crippen LogP contribution is -2.40. The average molecular weight is 401 g/mol. The Hall–Kier alpha value is -2.55. The maximum absolute atomic E-state index is 12.8. The number of hydrogen-bond acceptors (Lipinski definition) is 5. The third-order valence-corrected chi connectivity index (χ3v) is 6.52. The standard InChI is InChI=1S/C20H23N3O4S/c1-3-23(28(26,27)17-10-8-15(2)9-11-17)13-16(24)12-22-14-21-19-7-5-4-6-18(19)20(22)25/h4-11,14,16,24H,3,12-13H2,1-2H3. The molecule has 0 aliphatic rings. The van der Waals surface area contributed by atoms with Crippen LogP contribution in [0.2, 0.25) is 0 Å². The predicted octanol–water partition coefficient (Wildman–Crippen LogP) is 1.78. The fourth-order valence-corrected chi connectivity index (χ4v) is 4.50. The van der Waals surface area contributed by atoms with Crippen molar-refractivity contribution in [2.75, 3.05) is 13.1 Å². The van der Waals surface area contributed by atoms with E-state index < -0.39 is 16.1 Å². The van der Waals surface area contributed by atoms with E-state index in [0.29, 0.717) is 10.9 Å². The molecule has 0 saturated heterocycles. The first-order valence-electron chi connectivity index (χ1n) is 9.02. The molecule has 1 unspecified atom stereocenters. The molecule has 1 N–H and O–H groups in total. The van der Waals surface area contributed by atoms with Gasteiger partial charge in [-0.25, -0.2) is 13.4 Å². The number of aliphatic hydroxyl groups is 1. The molecule has 2 aromatic carbocycles. The minimum absolute atomic E-state index is 0.0451. The third kappa shape index (κ3) is 4.14.